The molecule has 4 aromatic rings. The Morgan fingerprint density at radius 3 is 2.53 bits per heavy atom. The number of rotatable bonds is 5. The number of fused-ring (bicyclic) bond motifs is 1. The van der Waals surface area contributed by atoms with E-state index in [1.54, 1.807) is 23.0 Å². The summed E-state index contributed by atoms with van der Waals surface area (Å²) in [5, 5.41) is 20.9. The zero-order valence-corrected chi connectivity index (χ0v) is 19.1. The van der Waals surface area contributed by atoms with Gasteiger partial charge in [-0.15, -0.1) is 0 Å². The van der Waals surface area contributed by atoms with Gasteiger partial charge >= 0.3 is 0 Å². The van der Waals surface area contributed by atoms with Gasteiger partial charge in [0.15, 0.2) is 5.65 Å². The van der Waals surface area contributed by atoms with Crippen molar-refractivity contribution >= 4 is 17.4 Å². The number of amides is 1. The lowest BCUT2D eigenvalue weighted by molar-refractivity contribution is 0.0946. The molecule has 0 bridgehead atoms. The third-order valence-corrected chi connectivity index (χ3v) is 6.09. The number of piperazine rings is 1. The Bertz CT molecular complexity index is 1370. The predicted molar refractivity (Wildman–Crippen MR) is 127 cm³/mol. The molecule has 1 saturated heterocycles. The van der Waals surface area contributed by atoms with Crippen molar-refractivity contribution in [2.75, 3.05) is 38.1 Å². The van der Waals surface area contributed by atoms with Crippen molar-refractivity contribution < 1.29 is 4.79 Å². The summed E-state index contributed by atoms with van der Waals surface area (Å²) in [6, 6.07) is 14.8. The van der Waals surface area contributed by atoms with Gasteiger partial charge in [0, 0.05) is 58.1 Å². The van der Waals surface area contributed by atoms with E-state index < -0.39 is 0 Å². The van der Waals surface area contributed by atoms with Gasteiger partial charge in [-0.25, -0.2) is 4.98 Å². The van der Waals surface area contributed by atoms with E-state index in [1.807, 2.05) is 41.9 Å². The summed E-state index contributed by atoms with van der Waals surface area (Å²) in [7, 11) is 3.98. The van der Waals surface area contributed by atoms with E-state index in [1.165, 1.54) is 0 Å². The minimum absolute atomic E-state index is 0.259. The maximum atomic E-state index is 13.1. The third-order valence-electron chi connectivity index (χ3n) is 6.09. The summed E-state index contributed by atoms with van der Waals surface area (Å²) in [6.45, 7) is 3.88. The van der Waals surface area contributed by atoms with Gasteiger partial charge in [-0.05, 0) is 30.8 Å². The van der Waals surface area contributed by atoms with Crippen molar-refractivity contribution in [1.29, 1.82) is 5.26 Å². The van der Waals surface area contributed by atoms with E-state index in [-0.39, 0.29) is 5.91 Å². The molecule has 0 radical (unpaired) electrons. The molecule has 5 rings (SSSR count). The Labute approximate surface area is 197 Å². The van der Waals surface area contributed by atoms with Crippen molar-refractivity contribution in [3.05, 3.63) is 65.5 Å². The molecule has 0 spiro atoms. The van der Waals surface area contributed by atoms with Crippen LogP contribution < -0.4 is 10.2 Å². The number of likely N-dealkylation sites (N-methyl/N-ethyl adjacent to an activating group) is 1. The maximum absolute atomic E-state index is 13.1. The van der Waals surface area contributed by atoms with Crippen molar-refractivity contribution in [2.45, 2.75) is 6.54 Å². The van der Waals surface area contributed by atoms with E-state index in [0.717, 1.165) is 48.9 Å². The number of carbonyl (C=O) groups excluding carboxylic acids is 1. The molecule has 1 N–H and O–H groups in total. The summed E-state index contributed by atoms with van der Waals surface area (Å²) < 4.78 is 3.58. The number of aryl methyl sites for hydroxylation is 1. The summed E-state index contributed by atoms with van der Waals surface area (Å²) in [4.78, 5) is 22.2. The van der Waals surface area contributed by atoms with Crippen LogP contribution in [0.25, 0.3) is 17.0 Å². The first-order chi connectivity index (χ1) is 16.5. The lowest BCUT2D eigenvalue weighted by Crippen LogP contribution is -2.45. The fourth-order valence-electron chi connectivity index (χ4n) is 4.06. The van der Waals surface area contributed by atoms with Crippen LogP contribution in [0.3, 0.4) is 0 Å². The zero-order chi connectivity index (χ0) is 23.7. The highest BCUT2D eigenvalue weighted by Crippen LogP contribution is 2.24. The number of carbonyl (C=O) groups is 1. The summed E-state index contributed by atoms with van der Waals surface area (Å²) >= 11 is 0. The second-order valence-electron chi connectivity index (χ2n) is 8.42. The second kappa shape index (κ2) is 8.96. The van der Waals surface area contributed by atoms with Crippen LogP contribution in [0.5, 0.6) is 0 Å². The zero-order valence-electron chi connectivity index (χ0n) is 19.1. The van der Waals surface area contributed by atoms with Gasteiger partial charge in [-0.3, -0.25) is 9.48 Å². The Balaban J connectivity index is 1.47. The quantitative estimate of drug-likeness (QED) is 0.488. The Morgan fingerprint density at radius 2 is 1.85 bits per heavy atom. The number of aromatic nitrogens is 5. The minimum atomic E-state index is -0.259. The third kappa shape index (κ3) is 4.21. The van der Waals surface area contributed by atoms with Gasteiger partial charge < -0.3 is 15.1 Å². The molecule has 10 heteroatoms. The SMILES string of the molecule is CN1CCN(c2cc(C(=O)NCc3ccc(C#N)cc3)nc3cc(-c4ccnn4C)nn23)CC1. The van der Waals surface area contributed by atoms with Crippen LogP contribution in [0.15, 0.2) is 48.7 Å². The largest absolute Gasteiger partial charge is 0.354 e. The number of anilines is 1. The van der Waals surface area contributed by atoms with E-state index >= 15 is 0 Å². The van der Waals surface area contributed by atoms with E-state index in [9.17, 15) is 4.79 Å². The second-order valence-corrected chi connectivity index (χ2v) is 8.42. The molecular formula is C24H25N9O. The van der Waals surface area contributed by atoms with Crippen LogP contribution >= 0.6 is 0 Å². The van der Waals surface area contributed by atoms with Crippen LogP contribution in [-0.4, -0.2) is 68.4 Å². The highest BCUT2D eigenvalue weighted by atomic mass is 16.1. The Kier molecular flexibility index (Phi) is 5.69. The fourth-order valence-corrected chi connectivity index (χ4v) is 4.06. The molecule has 1 aliphatic rings. The molecule has 4 heterocycles. The van der Waals surface area contributed by atoms with Gasteiger partial charge in [-0.1, -0.05) is 12.1 Å². The number of nitriles is 1. The van der Waals surface area contributed by atoms with Crippen molar-refractivity contribution in [3.63, 3.8) is 0 Å². The molecule has 1 aromatic carbocycles. The molecule has 0 aliphatic carbocycles. The summed E-state index contributed by atoms with van der Waals surface area (Å²) in [5.41, 5.74) is 4.07. The van der Waals surface area contributed by atoms with Crippen molar-refractivity contribution in [1.82, 2.24) is 34.6 Å². The number of benzene rings is 1. The fraction of sp³-hybridized carbons (Fsp3) is 0.292. The van der Waals surface area contributed by atoms with Crippen molar-refractivity contribution in [3.8, 4) is 17.5 Å². The molecule has 0 saturated carbocycles. The molecule has 0 atom stereocenters. The first-order valence-electron chi connectivity index (χ1n) is 11.1. The first-order valence-corrected chi connectivity index (χ1v) is 11.1. The van der Waals surface area contributed by atoms with E-state index in [4.69, 9.17) is 10.4 Å². The van der Waals surface area contributed by atoms with Crippen molar-refractivity contribution in [2.24, 2.45) is 7.05 Å². The monoisotopic (exact) mass is 455 g/mol. The van der Waals surface area contributed by atoms with Gasteiger partial charge in [-0.2, -0.15) is 20.0 Å². The maximum Gasteiger partial charge on any atom is 0.270 e. The molecule has 3 aromatic heterocycles. The summed E-state index contributed by atoms with van der Waals surface area (Å²) in [5.74, 6) is 0.584. The molecule has 34 heavy (non-hydrogen) atoms. The molecule has 1 aliphatic heterocycles. The standard InChI is InChI=1S/C24H25N9O/c1-30-9-11-32(12-10-30)23-14-20(24(34)26-16-18-5-3-17(15-25)4-6-18)28-22-13-19(29-33(22)23)21-7-8-27-31(21)2/h3-8,13-14H,9-12,16H2,1-2H3,(H,26,34). The Hall–Kier alpha value is -4.23. The number of hydrogen-bond acceptors (Lipinski definition) is 7. The van der Waals surface area contributed by atoms with Gasteiger partial charge in [0.05, 0.1) is 17.3 Å². The number of nitrogens with one attached hydrogen (secondary N) is 1. The highest BCUT2D eigenvalue weighted by Gasteiger charge is 2.22. The van der Waals surface area contributed by atoms with Gasteiger partial charge in [0.2, 0.25) is 0 Å². The molecule has 10 nitrogen and oxygen atoms in total. The van der Waals surface area contributed by atoms with E-state index in [2.05, 4.69) is 38.3 Å². The van der Waals surface area contributed by atoms with Crippen LogP contribution in [0, 0.1) is 11.3 Å². The first kappa shape index (κ1) is 21.6. The van der Waals surface area contributed by atoms with Crippen LogP contribution in [0.2, 0.25) is 0 Å². The van der Waals surface area contributed by atoms with Gasteiger partial charge in [0.1, 0.15) is 17.2 Å². The van der Waals surface area contributed by atoms with E-state index in [0.29, 0.717) is 23.4 Å². The summed E-state index contributed by atoms with van der Waals surface area (Å²) in [6.07, 6.45) is 1.73. The Morgan fingerprint density at radius 1 is 1.09 bits per heavy atom. The van der Waals surface area contributed by atoms with Gasteiger partial charge in [0.25, 0.3) is 5.91 Å². The average Bonchev–Trinajstić information content (AvgIpc) is 3.48. The van der Waals surface area contributed by atoms with Crippen LogP contribution in [-0.2, 0) is 13.6 Å². The number of hydrogen-bond donors (Lipinski definition) is 1. The lowest BCUT2D eigenvalue weighted by Gasteiger charge is -2.34. The molecule has 172 valence electrons. The lowest BCUT2D eigenvalue weighted by atomic mass is 10.1. The normalized spacial score (nSPS) is 14.3. The van der Waals surface area contributed by atoms with Crippen LogP contribution in [0.1, 0.15) is 21.6 Å². The average molecular weight is 456 g/mol. The molecule has 1 amide bonds. The minimum Gasteiger partial charge on any atom is -0.354 e. The highest BCUT2D eigenvalue weighted by molar-refractivity contribution is 5.93. The molecule has 0 unspecified atom stereocenters. The van der Waals surface area contributed by atoms with Crippen LogP contribution in [0.4, 0.5) is 5.82 Å². The smallest absolute Gasteiger partial charge is 0.270 e. The molecular weight excluding hydrogens is 430 g/mol. The molecule has 1 fully saturated rings. The predicted octanol–water partition coefficient (Wildman–Crippen LogP) is 1.68. The number of nitrogens with zero attached hydrogens (tertiary/aromatic N) is 8. The topological polar surface area (TPSA) is 107 Å².